The monoisotopic (exact) mass is 369 g/mol. The number of benzene rings is 1. The summed E-state index contributed by atoms with van der Waals surface area (Å²) in [5, 5.41) is 3.30. The van der Waals surface area contributed by atoms with E-state index in [4.69, 9.17) is 11.6 Å². The Morgan fingerprint density at radius 2 is 2.12 bits per heavy atom. The summed E-state index contributed by atoms with van der Waals surface area (Å²) in [6.07, 6.45) is 0.990. The summed E-state index contributed by atoms with van der Waals surface area (Å²) in [4.78, 5) is 17.8. The van der Waals surface area contributed by atoms with Gasteiger partial charge in [0.05, 0.1) is 9.93 Å². The lowest BCUT2D eigenvalue weighted by Crippen LogP contribution is -2.35. The topological polar surface area (TPSA) is 35.6 Å². The molecule has 1 amide bonds. The van der Waals surface area contributed by atoms with Crippen LogP contribution in [0.5, 0.6) is 0 Å². The molecular weight excluding hydrogens is 349 g/mol. The minimum Gasteiger partial charge on any atom is -0.372 e. The second-order valence-corrected chi connectivity index (χ2v) is 7.74. The number of thioether (sulfide) groups is 1. The summed E-state index contributed by atoms with van der Waals surface area (Å²) < 4.78 is 13.3. The Morgan fingerprint density at radius 3 is 2.88 bits per heavy atom. The van der Waals surface area contributed by atoms with Crippen LogP contribution in [0.15, 0.2) is 28.8 Å². The van der Waals surface area contributed by atoms with Gasteiger partial charge in [0.15, 0.2) is 0 Å². The molecular formula is C17H21ClFN3OS. The molecule has 1 aromatic rings. The average molecular weight is 370 g/mol. The molecule has 24 heavy (non-hydrogen) atoms. The molecule has 1 N–H and O–H groups in total. The first-order valence-corrected chi connectivity index (χ1v) is 9.28. The van der Waals surface area contributed by atoms with E-state index in [1.54, 1.807) is 12.1 Å². The second-order valence-electron chi connectivity index (χ2n) is 6.22. The number of nitrogens with one attached hydrogen (secondary N) is 1. The lowest BCUT2D eigenvalue weighted by atomic mass is 10.2. The molecule has 1 saturated heterocycles. The molecule has 4 nitrogen and oxygen atoms in total. The number of amides is 1. The number of rotatable bonds is 2. The lowest BCUT2D eigenvalue weighted by molar-refractivity contribution is -0.126. The van der Waals surface area contributed by atoms with Gasteiger partial charge in [-0.3, -0.25) is 4.79 Å². The van der Waals surface area contributed by atoms with Crippen molar-refractivity contribution in [1.82, 2.24) is 15.1 Å². The van der Waals surface area contributed by atoms with Crippen molar-refractivity contribution in [3.8, 4) is 0 Å². The Hall–Kier alpha value is -1.24. The molecule has 2 aliphatic heterocycles. The highest BCUT2D eigenvalue weighted by Gasteiger charge is 2.31. The van der Waals surface area contributed by atoms with Gasteiger partial charge >= 0.3 is 0 Å². The van der Waals surface area contributed by atoms with Crippen LogP contribution in [0.25, 0.3) is 0 Å². The molecule has 2 aliphatic rings. The SMILES string of the molecule is CC1=C(C(=O)N2CCCN(C)CC2)SC(c2ccc(F)c(Cl)c2)N1. The molecule has 0 bridgehead atoms. The van der Waals surface area contributed by atoms with Crippen molar-refractivity contribution in [2.24, 2.45) is 0 Å². The van der Waals surface area contributed by atoms with Gasteiger partial charge in [0.2, 0.25) is 0 Å². The minimum atomic E-state index is -0.432. The molecule has 0 spiro atoms. The molecule has 0 aliphatic carbocycles. The van der Waals surface area contributed by atoms with Gasteiger partial charge < -0.3 is 15.1 Å². The Labute approximate surface area is 151 Å². The highest BCUT2D eigenvalue weighted by Crippen LogP contribution is 2.41. The van der Waals surface area contributed by atoms with Crippen molar-refractivity contribution < 1.29 is 9.18 Å². The van der Waals surface area contributed by atoms with Crippen molar-refractivity contribution >= 4 is 29.3 Å². The maximum Gasteiger partial charge on any atom is 0.262 e. The summed E-state index contributed by atoms with van der Waals surface area (Å²) in [5.74, 6) is -0.353. The molecule has 2 heterocycles. The fraction of sp³-hybridized carbons (Fsp3) is 0.471. The van der Waals surface area contributed by atoms with Crippen LogP contribution in [0.4, 0.5) is 4.39 Å². The van der Waals surface area contributed by atoms with Crippen LogP contribution in [0.2, 0.25) is 5.02 Å². The zero-order valence-corrected chi connectivity index (χ0v) is 15.4. The van der Waals surface area contributed by atoms with Gasteiger partial charge in [-0.2, -0.15) is 0 Å². The number of halogens is 2. The van der Waals surface area contributed by atoms with Crippen LogP contribution in [-0.4, -0.2) is 48.9 Å². The van der Waals surface area contributed by atoms with Gasteiger partial charge in [-0.25, -0.2) is 4.39 Å². The summed E-state index contributed by atoms with van der Waals surface area (Å²) >= 11 is 7.35. The number of hydrogen-bond acceptors (Lipinski definition) is 4. The number of nitrogens with zero attached hydrogens (tertiary/aromatic N) is 2. The smallest absolute Gasteiger partial charge is 0.262 e. The zero-order chi connectivity index (χ0) is 17.3. The van der Waals surface area contributed by atoms with E-state index in [9.17, 15) is 9.18 Å². The summed E-state index contributed by atoms with van der Waals surface area (Å²) in [6, 6.07) is 4.68. The van der Waals surface area contributed by atoms with E-state index >= 15 is 0 Å². The predicted octanol–water partition coefficient (Wildman–Crippen LogP) is 3.21. The normalized spacial score (nSPS) is 22.5. The minimum absolute atomic E-state index is 0.0796. The third-order valence-electron chi connectivity index (χ3n) is 4.37. The van der Waals surface area contributed by atoms with Crippen LogP contribution in [0.1, 0.15) is 24.3 Å². The number of hydrogen-bond donors (Lipinski definition) is 1. The average Bonchev–Trinajstić information content (AvgIpc) is 2.80. The van der Waals surface area contributed by atoms with Gasteiger partial charge in [-0.15, -0.1) is 0 Å². The third kappa shape index (κ3) is 3.71. The Balaban J connectivity index is 1.71. The van der Waals surface area contributed by atoms with Crippen molar-refractivity contribution in [3.05, 3.63) is 45.2 Å². The zero-order valence-electron chi connectivity index (χ0n) is 13.8. The van der Waals surface area contributed by atoms with Crippen LogP contribution in [-0.2, 0) is 4.79 Å². The first-order valence-electron chi connectivity index (χ1n) is 8.02. The number of carbonyl (C=O) groups is 1. The van der Waals surface area contributed by atoms with Crippen LogP contribution in [0.3, 0.4) is 0 Å². The molecule has 1 fully saturated rings. The fourth-order valence-corrected chi connectivity index (χ4v) is 4.34. The molecule has 7 heteroatoms. The molecule has 0 aromatic heterocycles. The van der Waals surface area contributed by atoms with E-state index in [1.165, 1.54) is 17.8 Å². The largest absolute Gasteiger partial charge is 0.372 e. The molecule has 0 saturated carbocycles. The van der Waals surface area contributed by atoms with Crippen LogP contribution < -0.4 is 5.32 Å². The summed E-state index contributed by atoms with van der Waals surface area (Å²) in [5.41, 5.74) is 1.73. The third-order valence-corrected chi connectivity index (χ3v) is 6.00. The van der Waals surface area contributed by atoms with Crippen LogP contribution in [0, 0.1) is 5.82 Å². The van der Waals surface area contributed by atoms with E-state index in [2.05, 4.69) is 17.3 Å². The van der Waals surface area contributed by atoms with Gasteiger partial charge in [0, 0.05) is 25.3 Å². The fourth-order valence-electron chi connectivity index (χ4n) is 2.93. The van der Waals surface area contributed by atoms with Crippen molar-refractivity contribution in [2.75, 3.05) is 33.2 Å². The maximum atomic E-state index is 13.3. The van der Waals surface area contributed by atoms with Crippen molar-refractivity contribution in [2.45, 2.75) is 18.7 Å². The lowest BCUT2D eigenvalue weighted by Gasteiger charge is -2.21. The van der Waals surface area contributed by atoms with E-state index in [-0.39, 0.29) is 16.3 Å². The van der Waals surface area contributed by atoms with Crippen molar-refractivity contribution in [3.63, 3.8) is 0 Å². The summed E-state index contributed by atoms with van der Waals surface area (Å²) in [6.45, 7) is 5.36. The second kappa shape index (κ2) is 7.33. The highest BCUT2D eigenvalue weighted by atomic mass is 35.5. The highest BCUT2D eigenvalue weighted by molar-refractivity contribution is 8.04. The van der Waals surface area contributed by atoms with Gasteiger partial charge in [-0.1, -0.05) is 29.4 Å². The van der Waals surface area contributed by atoms with Gasteiger partial charge in [0.1, 0.15) is 11.2 Å². The molecule has 130 valence electrons. The van der Waals surface area contributed by atoms with Gasteiger partial charge in [-0.05, 0) is 44.6 Å². The molecule has 1 unspecified atom stereocenters. The van der Waals surface area contributed by atoms with E-state index in [0.29, 0.717) is 0 Å². The standard InChI is InChI=1S/C17H21ClFN3OS/c1-11-15(17(23)22-7-3-6-21(2)8-9-22)24-16(20-11)12-4-5-14(19)13(18)10-12/h4-5,10,16,20H,3,6-9H2,1-2H3. The molecule has 1 aromatic carbocycles. The Morgan fingerprint density at radius 1 is 1.33 bits per heavy atom. The molecule has 1 atom stereocenters. The van der Waals surface area contributed by atoms with E-state index in [1.807, 2.05) is 11.8 Å². The predicted molar refractivity (Wildman–Crippen MR) is 96.3 cm³/mol. The number of allylic oxidation sites excluding steroid dienone is 1. The Bertz CT molecular complexity index is 682. The first-order chi connectivity index (χ1) is 11.5. The van der Waals surface area contributed by atoms with E-state index < -0.39 is 5.82 Å². The Kier molecular flexibility index (Phi) is 5.37. The van der Waals surface area contributed by atoms with E-state index in [0.717, 1.165) is 48.8 Å². The number of likely N-dealkylation sites (N-methyl/N-ethyl adjacent to an activating group) is 1. The molecule has 0 radical (unpaired) electrons. The number of carbonyl (C=O) groups excluding carboxylic acids is 1. The summed E-state index contributed by atoms with van der Waals surface area (Å²) in [7, 11) is 2.08. The first kappa shape index (κ1) is 17.6. The van der Waals surface area contributed by atoms with Gasteiger partial charge in [0.25, 0.3) is 5.91 Å². The molecule has 3 rings (SSSR count). The maximum absolute atomic E-state index is 13.3. The van der Waals surface area contributed by atoms with Crippen molar-refractivity contribution in [1.29, 1.82) is 0 Å². The quantitative estimate of drug-likeness (QED) is 0.868. The van der Waals surface area contributed by atoms with Crippen LogP contribution >= 0.6 is 23.4 Å².